The summed E-state index contributed by atoms with van der Waals surface area (Å²) in [7, 11) is -3.90. The average Bonchev–Trinajstić information content (AvgIpc) is 2.49. The summed E-state index contributed by atoms with van der Waals surface area (Å²) < 4.78 is 29.2. The van der Waals surface area contributed by atoms with Crippen LogP contribution in [-0.2, 0) is 20.9 Å². The molecule has 0 aliphatic carbocycles. The predicted octanol–water partition coefficient (Wildman–Crippen LogP) is 3.84. The maximum absolute atomic E-state index is 12.1. The molecule has 0 fully saturated rings. The van der Waals surface area contributed by atoms with Crippen LogP contribution < -0.4 is 0 Å². The lowest BCUT2D eigenvalue weighted by Gasteiger charge is -2.07. The molecule has 0 heterocycles. The lowest BCUT2D eigenvalue weighted by atomic mass is 10.2. The molecular weight excluding hydrogens is 290 g/mol. The van der Waals surface area contributed by atoms with Crippen molar-refractivity contribution in [2.45, 2.75) is 18.4 Å². The van der Waals surface area contributed by atoms with Crippen LogP contribution in [0.1, 0.15) is 11.1 Å². The lowest BCUT2D eigenvalue weighted by molar-refractivity contribution is 0.308. The molecule has 2 aromatic carbocycles. The molecule has 0 aliphatic heterocycles. The highest BCUT2D eigenvalue weighted by Crippen LogP contribution is 2.24. The summed E-state index contributed by atoms with van der Waals surface area (Å²) in [5.41, 5.74) is 10.2. The average molecular weight is 303 g/mol. The quantitative estimate of drug-likeness (QED) is 0.363. The third-order valence-electron chi connectivity index (χ3n) is 2.85. The van der Waals surface area contributed by atoms with Crippen molar-refractivity contribution in [3.63, 3.8) is 0 Å². The number of azide groups is 1. The Morgan fingerprint density at radius 1 is 1.19 bits per heavy atom. The molecule has 0 radical (unpaired) electrons. The summed E-state index contributed by atoms with van der Waals surface area (Å²) in [5, 5.41) is 3.46. The number of hydrogen-bond acceptors (Lipinski definition) is 4. The van der Waals surface area contributed by atoms with Crippen molar-refractivity contribution in [2.75, 3.05) is 0 Å². The number of hydrogen-bond donors (Lipinski definition) is 0. The first kappa shape index (κ1) is 15.1. The van der Waals surface area contributed by atoms with E-state index in [2.05, 4.69) is 10.0 Å². The second-order valence-corrected chi connectivity index (χ2v) is 5.96. The van der Waals surface area contributed by atoms with Crippen LogP contribution in [0.15, 0.2) is 58.5 Å². The van der Waals surface area contributed by atoms with Gasteiger partial charge >= 0.3 is 0 Å². The minimum absolute atomic E-state index is 0.0357. The predicted molar refractivity (Wildman–Crippen MR) is 78.4 cm³/mol. The van der Waals surface area contributed by atoms with Gasteiger partial charge in [-0.3, -0.25) is 4.18 Å². The van der Waals surface area contributed by atoms with Crippen LogP contribution in [0.4, 0.5) is 5.69 Å². The van der Waals surface area contributed by atoms with E-state index in [1.807, 2.05) is 6.07 Å². The molecule has 2 aromatic rings. The van der Waals surface area contributed by atoms with E-state index in [9.17, 15) is 8.42 Å². The zero-order chi connectivity index (χ0) is 15.3. The molecule has 0 unspecified atom stereocenters. The standard InChI is InChI=1S/C14H13N3O3S/c1-11-7-8-13(9-14(11)16-17-15)21(18,19)20-10-12-5-3-2-4-6-12/h2-9H,10H2,1H3. The van der Waals surface area contributed by atoms with Crippen molar-refractivity contribution >= 4 is 15.8 Å². The van der Waals surface area contributed by atoms with E-state index in [0.717, 1.165) is 5.56 Å². The third kappa shape index (κ3) is 3.82. The maximum atomic E-state index is 12.1. The first-order valence-electron chi connectivity index (χ1n) is 6.12. The Balaban J connectivity index is 2.23. The second-order valence-electron chi connectivity index (χ2n) is 4.34. The summed E-state index contributed by atoms with van der Waals surface area (Å²) in [5.74, 6) is 0. The molecule has 0 atom stereocenters. The fourth-order valence-electron chi connectivity index (χ4n) is 1.69. The summed E-state index contributed by atoms with van der Waals surface area (Å²) in [4.78, 5) is 2.64. The van der Waals surface area contributed by atoms with Gasteiger partial charge in [0.25, 0.3) is 10.1 Å². The molecule has 0 amide bonds. The highest BCUT2D eigenvalue weighted by molar-refractivity contribution is 7.86. The summed E-state index contributed by atoms with van der Waals surface area (Å²) in [6, 6.07) is 13.3. The lowest BCUT2D eigenvalue weighted by Crippen LogP contribution is -2.06. The Kier molecular flexibility index (Phi) is 4.59. The number of aryl methyl sites for hydroxylation is 1. The summed E-state index contributed by atoms with van der Waals surface area (Å²) in [6.07, 6.45) is 0. The van der Waals surface area contributed by atoms with E-state index in [4.69, 9.17) is 9.71 Å². The molecular formula is C14H13N3O3S. The summed E-state index contributed by atoms with van der Waals surface area (Å²) in [6.45, 7) is 1.68. The number of nitrogens with zero attached hydrogens (tertiary/aromatic N) is 3. The van der Waals surface area contributed by atoms with Crippen LogP contribution >= 0.6 is 0 Å². The van der Waals surface area contributed by atoms with Crippen LogP contribution in [0.2, 0.25) is 0 Å². The molecule has 0 N–H and O–H groups in total. The minimum atomic E-state index is -3.90. The number of benzene rings is 2. The second kappa shape index (κ2) is 6.41. The van der Waals surface area contributed by atoms with E-state index in [0.29, 0.717) is 5.56 Å². The largest absolute Gasteiger partial charge is 0.297 e. The topological polar surface area (TPSA) is 92.1 Å². The molecule has 0 saturated carbocycles. The fraction of sp³-hybridized carbons (Fsp3) is 0.143. The molecule has 0 spiro atoms. The molecule has 0 aliphatic rings. The molecule has 0 saturated heterocycles. The van der Waals surface area contributed by atoms with Gasteiger partial charge in [0.15, 0.2) is 0 Å². The molecule has 21 heavy (non-hydrogen) atoms. The maximum Gasteiger partial charge on any atom is 0.297 e. The van der Waals surface area contributed by atoms with E-state index in [1.54, 1.807) is 37.3 Å². The summed E-state index contributed by atoms with van der Waals surface area (Å²) >= 11 is 0. The van der Waals surface area contributed by atoms with Crippen molar-refractivity contribution < 1.29 is 12.6 Å². The van der Waals surface area contributed by atoms with E-state index >= 15 is 0 Å². The Labute approximate surface area is 122 Å². The van der Waals surface area contributed by atoms with E-state index in [1.165, 1.54) is 12.1 Å². The first-order chi connectivity index (χ1) is 10.0. The number of rotatable bonds is 5. The van der Waals surface area contributed by atoms with Gasteiger partial charge in [0, 0.05) is 10.6 Å². The SMILES string of the molecule is Cc1ccc(S(=O)(=O)OCc2ccccc2)cc1N=[N+]=[N-]. The van der Waals surface area contributed by atoms with E-state index < -0.39 is 10.1 Å². The van der Waals surface area contributed by atoms with Gasteiger partial charge in [-0.15, -0.1) is 0 Å². The van der Waals surface area contributed by atoms with Gasteiger partial charge in [-0.2, -0.15) is 8.42 Å². The third-order valence-corrected chi connectivity index (χ3v) is 4.10. The van der Waals surface area contributed by atoms with Crippen LogP contribution in [0, 0.1) is 6.92 Å². The highest BCUT2D eigenvalue weighted by atomic mass is 32.2. The Morgan fingerprint density at radius 2 is 1.90 bits per heavy atom. The Morgan fingerprint density at radius 3 is 2.57 bits per heavy atom. The zero-order valence-corrected chi connectivity index (χ0v) is 12.1. The minimum Gasteiger partial charge on any atom is -0.262 e. The van der Waals surface area contributed by atoms with Gasteiger partial charge in [-0.05, 0) is 35.7 Å². The molecule has 108 valence electrons. The van der Waals surface area contributed by atoms with Gasteiger partial charge in [-0.25, -0.2) is 0 Å². The normalized spacial score (nSPS) is 10.9. The molecule has 0 bridgehead atoms. The van der Waals surface area contributed by atoms with Crippen LogP contribution in [0.3, 0.4) is 0 Å². The fourth-order valence-corrected chi connectivity index (χ4v) is 2.61. The first-order valence-corrected chi connectivity index (χ1v) is 7.53. The van der Waals surface area contributed by atoms with Crippen molar-refractivity contribution in [3.05, 3.63) is 70.1 Å². The van der Waals surface area contributed by atoms with Gasteiger partial charge in [0.1, 0.15) is 0 Å². The molecule has 0 aromatic heterocycles. The van der Waals surface area contributed by atoms with Gasteiger partial charge in [0.2, 0.25) is 0 Å². The van der Waals surface area contributed by atoms with Crippen molar-refractivity contribution in [1.82, 2.24) is 0 Å². The molecule has 7 heteroatoms. The molecule has 2 rings (SSSR count). The van der Waals surface area contributed by atoms with E-state index in [-0.39, 0.29) is 17.2 Å². The van der Waals surface area contributed by atoms with Gasteiger partial charge < -0.3 is 0 Å². The zero-order valence-electron chi connectivity index (χ0n) is 11.3. The Hall–Kier alpha value is -2.34. The van der Waals surface area contributed by atoms with Crippen LogP contribution in [0.5, 0.6) is 0 Å². The highest BCUT2D eigenvalue weighted by Gasteiger charge is 2.16. The van der Waals surface area contributed by atoms with Crippen molar-refractivity contribution in [2.24, 2.45) is 5.11 Å². The van der Waals surface area contributed by atoms with Crippen LogP contribution in [-0.4, -0.2) is 8.42 Å². The van der Waals surface area contributed by atoms with Crippen molar-refractivity contribution in [1.29, 1.82) is 0 Å². The van der Waals surface area contributed by atoms with Crippen molar-refractivity contribution in [3.8, 4) is 0 Å². The smallest absolute Gasteiger partial charge is 0.262 e. The monoisotopic (exact) mass is 303 g/mol. The molecule has 6 nitrogen and oxygen atoms in total. The van der Waals surface area contributed by atoms with Gasteiger partial charge in [0.05, 0.1) is 11.5 Å². The van der Waals surface area contributed by atoms with Crippen LogP contribution in [0.25, 0.3) is 10.4 Å². The van der Waals surface area contributed by atoms with Gasteiger partial charge in [-0.1, -0.05) is 41.5 Å². The Bertz CT molecular complexity index is 782.